The Kier molecular flexibility index (Phi) is 3.15. The van der Waals surface area contributed by atoms with Gasteiger partial charge in [0, 0.05) is 17.3 Å². The maximum atomic E-state index is 11.6. The van der Waals surface area contributed by atoms with Crippen LogP contribution in [0.2, 0.25) is 0 Å². The average Bonchev–Trinajstić information content (AvgIpc) is 2.74. The summed E-state index contributed by atoms with van der Waals surface area (Å²) in [7, 11) is 0. The fraction of sp³-hybridized carbons (Fsp3) is 0.909. The first-order valence-corrected chi connectivity index (χ1v) is 6.52. The molecule has 0 aliphatic heterocycles. The molecule has 14 heavy (non-hydrogen) atoms. The first-order chi connectivity index (χ1) is 6.68. The number of rotatable bonds is 3. The molecule has 1 N–H and O–H groups in total. The second kappa shape index (κ2) is 4.21. The molecule has 0 spiro atoms. The Labute approximate surface area is 94.0 Å². The summed E-state index contributed by atoms with van der Waals surface area (Å²) in [5.41, 5.74) is 0. The minimum atomic E-state index is 0.282. The third-order valence-corrected chi connectivity index (χ3v) is 4.76. The molecule has 0 heterocycles. The quantitative estimate of drug-likeness (QED) is 0.775. The fourth-order valence-electron chi connectivity index (χ4n) is 2.27. The number of hydrogen-bond donors (Lipinski definition) is 1. The summed E-state index contributed by atoms with van der Waals surface area (Å²) in [5.74, 6) is 1.89. The molecule has 0 radical (unpaired) electrons. The summed E-state index contributed by atoms with van der Waals surface area (Å²) in [4.78, 5) is 12.2. The largest absolute Gasteiger partial charge is 0.356 e. The highest BCUT2D eigenvalue weighted by atomic mass is 79.9. The van der Waals surface area contributed by atoms with Gasteiger partial charge in [-0.15, -0.1) is 0 Å². The molecule has 0 aromatic heterocycles. The van der Waals surface area contributed by atoms with Crippen LogP contribution in [0.15, 0.2) is 0 Å². The van der Waals surface area contributed by atoms with Crippen molar-refractivity contribution in [3.63, 3.8) is 0 Å². The van der Waals surface area contributed by atoms with Crippen molar-refractivity contribution in [1.29, 1.82) is 0 Å². The molecule has 2 aliphatic carbocycles. The third kappa shape index (κ3) is 2.30. The third-order valence-electron chi connectivity index (χ3n) is 3.55. The maximum Gasteiger partial charge on any atom is 0.223 e. The van der Waals surface area contributed by atoms with Crippen molar-refractivity contribution in [3.8, 4) is 0 Å². The Balaban J connectivity index is 1.69. The summed E-state index contributed by atoms with van der Waals surface area (Å²) >= 11 is 3.67. The van der Waals surface area contributed by atoms with Crippen molar-refractivity contribution in [2.75, 3.05) is 6.54 Å². The van der Waals surface area contributed by atoms with E-state index in [-0.39, 0.29) is 5.91 Å². The maximum absolute atomic E-state index is 11.6. The van der Waals surface area contributed by atoms with Gasteiger partial charge in [0.05, 0.1) is 0 Å². The molecule has 2 fully saturated rings. The monoisotopic (exact) mass is 259 g/mol. The van der Waals surface area contributed by atoms with Crippen LogP contribution in [-0.2, 0) is 4.79 Å². The van der Waals surface area contributed by atoms with Crippen molar-refractivity contribution >= 4 is 21.8 Å². The van der Waals surface area contributed by atoms with Crippen molar-refractivity contribution in [1.82, 2.24) is 5.32 Å². The Morgan fingerprint density at radius 1 is 1.50 bits per heavy atom. The summed E-state index contributed by atoms with van der Waals surface area (Å²) in [6.07, 6.45) is 4.92. The van der Waals surface area contributed by atoms with Gasteiger partial charge in [-0.25, -0.2) is 0 Å². The number of hydrogen-bond acceptors (Lipinski definition) is 1. The Morgan fingerprint density at radius 2 is 2.21 bits per heavy atom. The Morgan fingerprint density at radius 3 is 2.71 bits per heavy atom. The molecule has 0 aromatic carbocycles. The summed E-state index contributed by atoms with van der Waals surface area (Å²) in [6, 6.07) is 0. The molecule has 0 saturated heterocycles. The topological polar surface area (TPSA) is 29.1 Å². The van der Waals surface area contributed by atoms with Crippen LogP contribution in [0.1, 0.15) is 32.6 Å². The normalized spacial score (nSPS) is 41.0. The zero-order valence-electron chi connectivity index (χ0n) is 8.63. The Hall–Kier alpha value is -0.0500. The lowest BCUT2D eigenvalue weighted by Gasteiger charge is -2.14. The lowest BCUT2D eigenvalue weighted by molar-refractivity contribution is -0.122. The zero-order valence-corrected chi connectivity index (χ0v) is 10.2. The Bertz CT molecular complexity index is 231. The molecule has 0 bridgehead atoms. The van der Waals surface area contributed by atoms with E-state index >= 15 is 0 Å². The number of amides is 1. The summed E-state index contributed by atoms with van der Waals surface area (Å²) in [5, 5.41) is 3.08. The minimum absolute atomic E-state index is 0.282. The van der Waals surface area contributed by atoms with Gasteiger partial charge >= 0.3 is 0 Å². The molecule has 4 unspecified atom stereocenters. The number of halogens is 1. The standard InChI is InChI=1S/C11H18BrNO/c1-7-5-9(7)11(14)13-6-8-3-2-4-10(8)12/h7-10H,2-6H2,1H3,(H,13,14). The molecule has 4 atom stereocenters. The number of alkyl halides is 1. The van der Waals surface area contributed by atoms with E-state index in [9.17, 15) is 4.79 Å². The SMILES string of the molecule is CC1CC1C(=O)NCC1CCCC1Br. The molecule has 0 aromatic rings. The van der Waals surface area contributed by atoms with Crippen LogP contribution in [0.25, 0.3) is 0 Å². The van der Waals surface area contributed by atoms with Crippen molar-refractivity contribution < 1.29 is 4.79 Å². The predicted molar refractivity (Wildman–Crippen MR) is 60.3 cm³/mol. The molecule has 2 aliphatic rings. The van der Waals surface area contributed by atoms with Crippen LogP contribution >= 0.6 is 15.9 Å². The van der Waals surface area contributed by atoms with Gasteiger partial charge in [-0.1, -0.05) is 29.3 Å². The van der Waals surface area contributed by atoms with Gasteiger partial charge in [0.2, 0.25) is 5.91 Å². The lowest BCUT2D eigenvalue weighted by atomic mass is 10.1. The van der Waals surface area contributed by atoms with Crippen LogP contribution in [0, 0.1) is 17.8 Å². The molecule has 2 saturated carbocycles. The predicted octanol–water partition coefficient (Wildman–Crippen LogP) is 2.32. The summed E-state index contributed by atoms with van der Waals surface area (Å²) < 4.78 is 0. The van der Waals surface area contributed by atoms with Gasteiger partial charge < -0.3 is 5.32 Å². The van der Waals surface area contributed by atoms with E-state index in [1.807, 2.05) is 0 Å². The number of nitrogens with one attached hydrogen (secondary N) is 1. The van der Waals surface area contributed by atoms with Gasteiger partial charge in [0.15, 0.2) is 0 Å². The molecular weight excluding hydrogens is 242 g/mol. The van der Waals surface area contributed by atoms with Crippen molar-refractivity contribution in [2.24, 2.45) is 17.8 Å². The van der Waals surface area contributed by atoms with E-state index in [0.29, 0.717) is 22.6 Å². The second-order valence-corrected chi connectivity index (χ2v) is 5.95. The van der Waals surface area contributed by atoms with Crippen molar-refractivity contribution in [3.05, 3.63) is 0 Å². The van der Waals surface area contributed by atoms with E-state index in [0.717, 1.165) is 13.0 Å². The molecule has 2 rings (SSSR count). The smallest absolute Gasteiger partial charge is 0.223 e. The van der Waals surface area contributed by atoms with Crippen LogP contribution in [-0.4, -0.2) is 17.3 Å². The van der Waals surface area contributed by atoms with E-state index in [2.05, 4.69) is 28.2 Å². The fourth-order valence-corrected chi connectivity index (χ4v) is 3.05. The van der Waals surface area contributed by atoms with Gasteiger partial charge in [-0.2, -0.15) is 0 Å². The molecule has 1 amide bonds. The van der Waals surface area contributed by atoms with E-state index in [4.69, 9.17) is 0 Å². The van der Waals surface area contributed by atoms with Crippen molar-refractivity contribution in [2.45, 2.75) is 37.4 Å². The molecular formula is C11H18BrNO. The van der Waals surface area contributed by atoms with Gasteiger partial charge in [-0.3, -0.25) is 4.79 Å². The number of carbonyl (C=O) groups excluding carboxylic acids is 1. The van der Waals surface area contributed by atoms with Crippen LogP contribution in [0.3, 0.4) is 0 Å². The molecule has 2 nitrogen and oxygen atoms in total. The van der Waals surface area contributed by atoms with Crippen LogP contribution in [0.4, 0.5) is 0 Å². The highest BCUT2D eigenvalue weighted by Crippen LogP contribution is 2.38. The second-order valence-electron chi connectivity index (χ2n) is 4.77. The molecule has 80 valence electrons. The average molecular weight is 260 g/mol. The van der Waals surface area contributed by atoms with Crippen LogP contribution in [0.5, 0.6) is 0 Å². The highest BCUT2D eigenvalue weighted by Gasteiger charge is 2.39. The van der Waals surface area contributed by atoms with Gasteiger partial charge in [0.1, 0.15) is 0 Å². The van der Waals surface area contributed by atoms with Gasteiger partial charge in [0.25, 0.3) is 0 Å². The number of carbonyl (C=O) groups is 1. The lowest BCUT2D eigenvalue weighted by Crippen LogP contribution is -2.32. The summed E-state index contributed by atoms with van der Waals surface area (Å²) in [6.45, 7) is 3.02. The first-order valence-electron chi connectivity index (χ1n) is 5.60. The van der Waals surface area contributed by atoms with E-state index < -0.39 is 0 Å². The van der Waals surface area contributed by atoms with Crippen LogP contribution < -0.4 is 5.32 Å². The zero-order chi connectivity index (χ0) is 10.1. The van der Waals surface area contributed by atoms with Gasteiger partial charge in [-0.05, 0) is 31.1 Å². The van der Waals surface area contributed by atoms with E-state index in [1.54, 1.807) is 0 Å². The highest BCUT2D eigenvalue weighted by molar-refractivity contribution is 9.09. The molecule has 3 heteroatoms. The van der Waals surface area contributed by atoms with E-state index in [1.165, 1.54) is 19.3 Å². The minimum Gasteiger partial charge on any atom is -0.356 e. The first kappa shape index (κ1) is 10.5.